The number of hydroxylamine groups is 2. The summed E-state index contributed by atoms with van der Waals surface area (Å²) in [6, 6.07) is 18.3. The molecule has 18 nitrogen and oxygen atoms in total. The largest absolute Gasteiger partial charge is 0.456 e. The number of carbonyl (C=O) groups is 3. The summed E-state index contributed by atoms with van der Waals surface area (Å²) in [5.74, 6) is -1.18. The van der Waals surface area contributed by atoms with Crippen molar-refractivity contribution >= 4 is 72.0 Å². The molecular formula is C57H68N3O15S2+. The van der Waals surface area contributed by atoms with Crippen LogP contribution < -0.4 is 9.64 Å². The summed E-state index contributed by atoms with van der Waals surface area (Å²) in [7, 11) is -7.34. The standard InChI is InChI=1S/C57H67N3O15S2/c1-41-40-56(2,3)59(27-28-71-31-32-73-34-33-72-30-29-70-5)49-39-51-46(38-45(41)49)43(36-50(74-51)42-16-11-9-12-17-42)18-10-7-6-8-13-19-52-57(4,25-14-20-55(63)75-60-53(61)23-24-54(60)62)47-37-44(77(67,68)69)21-22-48(47)58(52)26-15-35-76(64,65)66/h6-13,16-19,21-22,36-40H,14-15,20,23-35H2,1-5H3,(H-,64,65,66,67,68,69)/p+1. The first-order chi connectivity index (χ1) is 36.7. The van der Waals surface area contributed by atoms with Crippen LogP contribution in [0.4, 0.5) is 11.4 Å². The highest BCUT2D eigenvalue weighted by molar-refractivity contribution is 7.86. The summed E-state index contributed by atoms with van der Waals surface area (Å²) in [6.45, 7) is 12.5. The minimum absolute atomic E-state index is 0.00587. The summed E-state index contributed by atoms with van der Waals surface area (Å²) >= 11 is 0. The number of rotatable bonds is 27. The Kier molecular flexibility index (Phi) is 19.6. The quantitative estimate of drug-likeness (QED) is 0.0241. The lowest BCUT2D eigenvalue weighted by Gasteiger charge is -2.44. The number of ether oxygens (including phenoxy) is 5. The number of nitrogens with zero attached hydrogens (tertiary/aromatic N) is 3. The summed E-state index contributed by atoms with van der Waals surface area (Å²) < 4.78 is 98.8. The topological polar surface area (TPSA) is 225 Å². The molecule has 2 N–H and O–H groups in total. The lowest BCUT2D eigenvalue weighted by Crippen LogP contribution is -2.46. The van der Waals surface area contributed by atoms with Crippen LogP contribution in [0.5, 0.6) is 5.75 Å². The van der Waals surface area contributed by atoms with E-state index < -0.39 is 49.2 Å². The van der Waals surface area contributed by atoms with Crippen LogP contribution in [0.25, 0.3) is 16.9 Å². The number of amides is 2. The number of methoxy groups -OCH3 is 1. The van der Waals surface area contributed by atoms with Gasteiger partial charge >= 0.3 is 5.97 Å². The Hall–Kier alpha value is -6.36. The number of hydrogen-bond acceptors (Lipinski definition) is 14. The third-order valence-corrected chi connectivity index (χ3v) is 15.3. The average Bonchev–Trinajstić information content (AvgIpc) is 3.86. The fraction of sp³-hybridized carbons (Fsp3) is 0.404. The van der Waals surface area contributed by atoms with Gasteiger partial charge in [0.1, 0.15) is 18.1 Å². The molecule has 4 heterocycles. The van der Waals surface area contributed by atoms with Crippen molar-refractivity contribution < 1.29 is 73.4 Å². The van der Waals surface area contributed by atoms with Crippen molar-refractivity contribution in [3.63, 3.8) is 0 Å². The first-order valence-electron chi connectivity index (χ1n) is 25.5. The van der Waals surface area contributed by atoms with Gasteiger partial charge in [0.2, 0.25) is 5.69 Å². The Labute approximate surface area is 451 Å². The first kappa shape index (κ1) is 58.3. The lowest BCUT2D eigenvalue weighted by atomic mass is 9.75. The van der Waals surface area contributed by atoms with E-state index in [0.29, 0.717) is 86.3 Å². The van der Waals surface area contributed by atoms with Crippen molar-refractivity contribution in [3.8, 4) is 5.75 Å². The molecule has 0 radical (unpaired) electrons. The van der Waals surface area contributed by atoms with E-state index in [1.165, 1.54) is 18.2 Å². The summed E-state index contributed by atoms with van der Waals surface area (Å²) in [5, 5.41) is 0.477. The number of allylic oxidation sites excluding steroid dienone is 10. The van der Waals surface area contributed by atoms with Crippen molar-refractivity contribution in [2.75, 3.05) is 77.1 Å². The van der Waals surface area contributed by atoms with Gasteiger partial charge in [0.15, 0.2) is 5.71 Å². The van der Waals surface area contributed by atoms with Gasteiger partial charge in [0.05, 0.1) is 67.9 Å². The Bertz CT molecular complexity index is 3120. The second-order valence-electron chi connectivity index (χ2n) is 19.6. The van der Waals surface area contributed by atoms with Gasteiger partial charge in [-0.25, -0.2) is 4.79 Å². The fourth-order valence-corrected chi connectivity index (χ4v) is 10.9. The number of imide groups is 1. The molecule has 7 rings (SSSR count). The van der Waals surface area contributed by atoms with E-state index in [1.807, 2.05) is 72.2 Å². The van der Waals surface area contributed by atoms with E-state index in [-0.39, 0.29) is 55.5 Å². The fourth-order valence-electron chi connectivity index (χ4n) is 9.90. The molecule has 0 aromatic heterocycles. The predicted molar refractivity (Wildman–Crippen MR) is 292 cm³/mol. The van der Waals surface area contributed by atoms with Crippen LogP contribution in [0.2, 0.25) is 0 Å². The zero-order valence-corrected chi connectivity index (χ0v) is 45.8. The highest BCUT2D eigenvalue weighted by Crippen LogP contribution is 2.47. The van der Waals surface area contributed by atoms with Gasteiger partial charge in [-0.1, -0.05) is 72.9 Å². The van der Waals surface area contributed by atoms with Gasteiger partial charge in [0.25, 0.3) is 32.1 Å². The highest BCUT2D eigenvalue weighted by Gasteiger charge is 2.48. The van der Waals surface area contributed by atoms with Crippen LogP contribution in [-0.4, -0.2) is 137 Å². The third-order valence-electron chi connectivity index (χ3n) is 13.6. The molecule has 1 atom stereocenters. The molecule has 1 saturated heterocycles. The smallest absolute Gasteiger partial charge is 0.333 e. The molecule has 3 aromatic carbocycles. The highest BCUT2D eigenvalue weighted by atomic mass is 32.2. The monoisotopic (exact) mass is 1100 g/mol. The number of benzene rings is 3. The van der Waals surface area contributed by atoms with Gasteiger partial charge in [-0.05, 0) is 76.0 Å². The van der Waals surface area contributed by atoms with Crippen molar-refractivity contribution in [1.82, 2.24) is 5.06 Å². The number of carbonyl (C=O) groups excluding carboxylic acids is 3. The molecule has 0 spiro atoms. The second-order valence-corrected chi connectivity index (χ2v) is 22.6. The maximum Gasteiger partial charge on any atom is 0.333 e. The van der Waals surface area contributed by atoms with Crippen LogP contribution in [-0.2, 0) is 63.8 Å². The van der Waals surface area contributed by atoms with Gasteiger partial charge in [-0.2, -0.15) is 21.4 Å². The summed E-state index contributed by atoms with van der Waals surface area (Å²) in [4.78, 5) is 44.2. The van der Waals surface area contributed by atoms with Gasteiger partial charge in [-0.15, -0.1) is 5.06 Å². The summed E-state index contributed by atoms with van der Waals surface area (Å²) in [5.41, 5.74) is 6.29. The lowest BCUT2D eigenvalue weighted by molar-refractivity contribution is -0.437. The van der Waals surface area contributed by atoms with E-state index in [4.69, 9.17) is 28.5 Å². The van der Waals surface area contributed by atoms with Gasteiger partial charge in [-0.3, -0.25) is 18.7 Å². The molecule has 77 heavy (non-hydrogen) atoms. The second kappa shape index (κ2) is 25.9. The molecule has 20 heteroatoms. The van der Waals surface area contributed by atoms with E-state index in [0.717, 1.165) is 33.5 Å². The number of anilines is 1. The van der Waals surface area contributed by atoms with Gasteiger partial charge in [0, 0.05) is 85.5 Å². The van der Waals surface area contributed by atoms with Crippen molar-refractivity contribution in [3.05, 3.63) is 138 Å². The van der Waals surface area contributed by atoms with E-state index in [9.17, 15) is 40.3 Å². The maximum absolute atomic E-state index is 12.9. The Balaban J connectivity index is 1.13. The molecule has 0 bridgehead atoms. The van der Waals surface area contributed by atoms with E-state index in [2.05, 4.69) is 43.9 Å². The Morgan fingerprint density at radius 2 is 1.47 bits per heavy atom. The zero-order valence-electron chi connectivity index (χ0n) is 44.1. The first-order valence-corrected chi connectivity index (χ1v) is 28.6. The van der Waals surface area contributed by atoms with Crippen LogP contribution in [0.1, 0.15) is 88.5 Å². The third kappa shape index (κ3) is 15.0. The normalized spacial score (nSPS) is 18.9. The SMILES string of the molecule is COCCOCCOCCOCCN1c2cc3c(cc2C(C)=CC1(C)C)C(=CC=CC=CC=CC1=[N+](CCCS(=O)(=O)O)c2ccc(S(=O)(=O)O)cc2C1(C)CCCC(=O)ON1C(=O)CCC1=O)C=C(c1ccccc1)O3. The van der Waals surface area contributed by atoms with E-state index in [1.54, 1.807) is 25.3 Å². The molecule has 412 valence electrons. The average molecular weight is 1100 g/mol. The molecular weight excluding hydrogens is 1030 g/mol. The number of fused-ring (bicyclic) bond motifs is 3. The Morgan fingerprint density at radius 1 is 0.805 bits per heavy atom. The Morgan fingerprint density at radius 3 is 2.14 bits per heavy atom. The molecule has 1 fully saturated rings. The van der Waals surface area contributed by atoms with E-state index >= 15 is 0 Å². The van der Waals surface area contributed by atoms with Gasteiger partial charge < -0.3 is 33.4 Å². The summed E-state index contributed by atoms with van der Waals surface area (Å²) in [6.07, 6.45) is 17.4. The molecule has 4 aliphatic heterocycles. The molecule has 3 aromatic rings. The minimum atomic E-state index is -4.65. The van der Waals surface area contributed by atoms with Crippen LogP contribution in [0, 0.1) is 0 Å². The zero-order chi connectivity index (χ0) is 55.4. The van der Waals surface area contributed by atoms with Crippen molar-refractivity contribution in [2.45, 2.75) is 82.1 Å². The minimum Gasteiger partial charge on any atom is -0.456 e. The molecule has 1 unspecified atom stereocenters. The molecule has 0 saturated carbocycles. The van der Waals surface area contributed by atoms with Crippen LogP contribution >= 0.6 is 0 Å². The predicted octanol–water partition coefficient (Wildman–Crippen LogP) is 8.23. The molecule has 2 amide bonds. The van der Waals surface area contributed by atoms with Crippen LogP contribution in [0.3, 0.4) is 0 Å². The van der Waals surface area contributed by atoms with Crippen molar-refractivity contribution in [1.29, 1.82) is 0 Å². The van der Waals surface area contributed by atoms with Crippen LogP contribution in [0.15, 0.2) is 120 Å². The maximum atomic E-state index is 12.9. The molecule has 0 aliphatic carbocycles. The molecule has 4 aliphatic rings. The number of hydrogen-bond donors (Lipinski definition) is 2. The van der Waals surface area contributed by atoms with Crippen molar-refractivity contribution in [2.24, 2.45) is 0 Å².